The van der Waals surface area contributed by atoms with E-state index < -0.39 is 5.60 Å². The van der Waals surface area contributed by atoms with Crippen molar-refractivity contribution >= 4 is 22.9 Å². The molecule has 4 aromatic rings. The maximum atomic E-state index is 10.5. The number of anilines is 1. The predicted octanol–water partition coefficient (Wildman–Crippen LogP) is 2.09. The van der Waals surface area contributed by atoms with Crippen molar-refractivity contribution in [3.63, 3.8) is 0 Å². The molecule has 0 amide bonds. The molecule has 3 N–H and O–H groups in total. The van der Waals surface area contributed by atoms with Crippen molar-refractivity contribution in [2.24, 2.45) is 0 Å². The summed E-state index contributed by atoms with van der Waals surface area (Å²) in [5.41, 5.74) is 7.31. The second-order valence-corrected chi connectivity index (χ2v) is 6.64. The average molecular weight is 362 g/mol. The van der Waals surface area contributed by atoms with Gasteiger partial charge in [-0.3, -0.25) is 4.40 Å². The number of imidazole rings is 1. The molecule has 4 aromatic heterocycles. The van der Waals surface area contributed by atoms with Crippen LogP contribution in [0.25, 0.3) is 17.0 Å². The monoisotopic (exact) mass is 362 g/mol. The Hall–Kier alpha value is -3.28. The van der Waals surface area contributed by atoms with E-state index in [0.717, 1.165) is 16.9 Å². The quantitative estimate of drug-likeness (QED) is 0.529. The number of hydrogen-bond donors (Lipinski definition) is 2. The van der Waals surface area contributed by atoms with E-state index in [4.69, 9.17) is 5.73 Å². The number of nitrogen functional groups attached to an aromatic ring is 1. The first-order valence-corrected chi connectivity index (χ1v) is 8.62. The summed E-state index contributed by atoms with van der Waals surface area (Å²) in [5.74, 6) is 6.08. The SMILES string of the molecule is CC(O)(C#Cc1ccc2ncc(-c3ccnc(N)n3)n2c1)c1nccs1. The highest BCUT2D eigenvalue weighted by Gasteiger charge is 2.22. The lowest BCUT2D eigenvalue weighted by Crippen LogP contribution is -2.17. The Labute approximate surface area is 153 Å². The summed E-state index contributed by atoms with van der Waals surface area (Å²) in [7, 11) is 0. The molecule has 0 aromatic carbocycles. The van der Waals surface area contributed by atoms with E-state index in [-0.39, 0.29) is 5.95 Å². The van der Waals surface area contributed by atoms with Crippen molar-refractivity contribution in [3.05, 3.63) is 58.9 Å². The van der Waals surface area contributed by atoms with E-state index >= 15 is 0 Å². The van der Waals surface area contributed by atoms with Crippen LogP contribution in [0, 0.1) is 11.8 Å². The molecular formula is C18H14N6OS. The maximum Gasteiger partial charge on any atom is 0.220 e. The van der Waals surface area contributed by atoms with Crippen molar-refractivity contribution in [2.75, 3.05) is 5.73 Å². The molecule has 0 spiro atoms. The minimum Gasteiger partial charge on any atom is -0.371 e. The van der Waals surface area contributed by atoms with E-state index in [1.807, 2.05) is 28.1 Å². The Morgan fingerprint density at radius 2 is 2.08 bits per heavy atom. The number of rotatable bonds is 2. The lowest BCUT2D eigenvalue weighted by atomic mass is 10.1. The van der Waals surface area contributed by atoms with Crippen LogP contribution < -0.4 is 5.73 Å². The summed E-state index contributed by atoms with van der Waals surface area (Å²) < 4.78 is 1.88. The van der Waals surface area contributed by atoms with Gasteiger partial charge in [0.2, 0.25) is 5.95 Å². The minimum atomic E-state index is -1.30. The van der Waals surface area contributed by atoms with Crippen molar-refractivity contribution in [1.82, 2.24) is 24.3 Å². The number of nitrogens with two attached hydrogens (primary N) is 1. The second kappa shape index (κ2) is 6.22. The van der Waals surface area contributed by atoms with Crippen LogP contribution in [0.4, 0.5) is 5.95 Å². The van der Waals surface area contributed by atoms with Crippen LogP contribution in [0.2, 0.25) is 0 Å². The highest BCUT2D eigenvalue weighted by atomic mass is 32.1. The number of aliphatic hydroxyl groups is 1. The van der Waals surface area contributed by atoms with Crippen LogP contribution in [0.5, 0.6) is 0 Å². The molecule has 1 atom stereocenters. The van der Waals surface area contributed by atoms with E-state index in [1.54, 1.807) is 31.6 Å². The first-order chi connectivity index (χ1) is 12.5. The van der Waals surface area contributed by atoms with Crippen LogP contribution in [0.1, 0.15) is 17.5 Å². The van der Waals surface area contributed by atoms with E-state index in [1.165, 1.54) is 11.3 Å². The van der Waals surface area contributed by atoms with Gasteiger partial charge in [0, 0.05) is 29.5 Å². The lowest BCUT2D eigenvalue weighted by molar-refractivity contribution is 0.122. The van der Waals surface area contributed by atoms with Gasteiger partial charge in [0.1, 0.15) is 10.7 Å². The summed E-state index contributed by atoms with van der Waals surface area (Å²) in [4.78, 5) is 16.6. The standard InChI is InChI=1S/C18H14N6OS/c1-18(25,16-20-8-9-26-16)6-4-12-2-3-15-22-10-14(24(15)11-12)13-5-7-21-17(19)23-13/h2-3,5,7-11,25H,1H3,(H2,19,21,23). The van der Waals surface area contributed by atoms with Gasteiger partial charge in [-0.2, -0.15) is 0 Å². The molecule has 8 heteroatoms. The summed E-state index contributed by atoms with van der Waals surface area (Å²) in [5, 5.41) is 12.9. The number of aromatic nitrogens is 5. The van der Waals surface area contributed by atoms with Crippen molar-refractivity contribution in [3.8, 4) is 23.2 Å². The molecule has 0 saturated carbocycles. The summed E-state index contributed by atoms with van der Waals surface area (Å²) in [6, 6.07) is 5.48. The number of fused-ring (bicyclic) bond motifs is 1. The smallest absolute Gasteiger partial charge is 0.220 e. The van der Waals surface area contributed by atoms with Gasteiger partial charge >= 0.3 is 0 Å². The minimum absolute atomic E-state index is 0.202. The first-order valence-electron chi connectivity index (χ1n) is 7.74. The number of nitrogens with zero attached hydrogens (tertiary/aromatic N) is 5. The van der Waals surface area contributed by atoms with Crippen LogP contribution >= 0.6 is 11.3 Å². The van der Waals surface area contributed by atoms with E-state index in [0.29, 0.717) is 10.7 Å². The summed E-state index contributed by atoms with van der Waals surface area (Å²) in [6.07, 6.45) is 6.82. The Morgan fingerprint density at radius 3 is 2.85 bits per heavy atom. The van der Waals surface area contributed by atoms with Crippen molar-refractivity contribution in [1.29, 1.82) is 0 Å². The Bertz CT molecular complexity index is 1140. The molecule has 0 bridgehead atoms. The molecule has 4 rings (SSSR count). The third kappa shape index (κ3) is 3.01. The third-order valence-electron chi connectivity index (χ3n) is 3.74. The van der Waals surface area contributed by atoms with Gasteiger partial charge < -0.3 is 10.8 Å². The van der Waals surface area contributed by atoms with Gasteiger partial charge in [-0.15, -0.1) is 11.3 Å². The fourth-order valence-corrected chi connectivity index (χ4v) is 3.12. The molecule has 0 radical (unpaired) electrons. The van der Waals surface area contributed by atoms with Crippen molar-refractivity contribution in [2.45, 2.75) is 12.5 Å². The highest BCUT2D eigenvalue weighted by Crippen LogP contribution is 2.22. The molecule has 4 heterocycles. The molecule has 0 aliphatic rings. The second-order valence-electron chi connectivity index (χ2n) is 5.75. The molecule has 0 aliphatic carbocycles. The van der Waals surface area contributed by atoms with Crippen LogP contribution in [-0.4, -0.2) is 29.4 Å². The Balaban J connectivity index is 1.75. The predicted molar refractivity (Wildman–Crippen MR) is 99.2 cm³/mol. The van der Waals surface area contributed by atoms with Gasteiger partial charge in [-0.1, -0.05) is 11.8 Å². The normalized spacial score (nSPS) is 13.2. The summed E-state index contributed by atoms with van der Waals surface area (Å²) >= 11 is 1.37. The molecule has 0 saturated heterocycles. The Morgan fingerprint density at radius 1 is 1.19 bits per heavy atom. The molecule has 7 nitrogen and oxygen atoms in total. The van der Waals surface area contributed by atoms with E-state index in [9.17, 15) is 5.11 Å². The zero-order valence-corrected chi connectivity index (χ0v) is 14.6. The van der Waals surface area contributed by atoms with E-state index in [2.05, 4.69) is 31.8 Å². The molecule has 0 aliphatic heterocycles. The lowest BCUT2D eigenvalue weighted by Gasteiger charge is -2.11. The largest absolute Gasteiger partial charge is 0.371 e. The van der Waals surface area contributed by atoms with Gasteiger partial charge in [-0.05, 0) is 25.1 Å². The van der Waals surface area contributed by atoms with Gasteiger partial charge in [0.05, 0.1) is 17.6 Å². The van der Waals surface area contributed by atoms with Crippen LogP contribution in [-0.2, 0) is 5.60 Å². The molecular weight excluding hydrogens is 348 g/mol. The topological polar surface area (TPSA) is 102 Å². The van der Waals surface area contributed by atoms with Crippen LogP contribution in [0.15, 0.2) is 48.4 Å². The highest BCUT2D eigenvalue weighted by molar-refractivity contribution is 7.09. The van der Waals surface area contributed by atoms with Gasteiger partial charge in [0.25, 0.3) is 0 Å². The number of thiazole rings is 1. The maximum absolute atomic E-state index is 10.5. The van der Waals surface area contributed by atoms with Gasteiger partial charge in [0.15, 0.2) is 5.60 Å². The molecule has 128 valence electrons. The molecule has 0 fully saturated rings. The summed E-state index contributed by atoms with van der Waals surface area (Å²) in [6.45, 7) is 1.63. The average Bonchev–Trinajstić information content (AvgIpc) is 3.30. The fraction of sp³-hybridized carbons (Fsp3) is 0.111. The fourth-order valence-electron chi connectivity index (χ4n) is 2.47. The Kier molecular flexibility index (Phi) is 3.88. The number of pyridine rings is 1. The number of hydrogen-bond acceptors (Lipinski definition) is 7. The molecule has 1 unspecified atom stereocenters. The van der Waals surface area contributed by atoms with Gasteiger partial charge in [-0.25, -0.2) is 19.9 Å². The zero-order valence-electron chi connectivity index (χ0n) is 13.8. The zero-order chi connectivity index (χ0) is 18.1. The van der Waals surface area contributed by atoms with Crippen LogP contribution in [0.3, 0.4) is 0 Å². The van der Waals surface area contributed by atoms with Crippen molar-refractivity contribution < 1.29 is 5.11 Å². The molecule has 26 heavy (non-hydrogen) atoms. The third-order valence-corrected chi connectivity index (χ3v) is 4.73. The first kappa shape index (κ1) is 16.2.